The van der Waals surface area contributed by atoms with E-state index in [0.717, 1.165) is 19.6 Å². The van der Waals surface area contributed by atoms with E-state index in [1.54, 1.807) is 0 Å². The van der Waals surface area contributed by atoms with Crippen LogP contribution in [0.2, 0.25) is 0 Å². The monoisotopic (exact) mass is 181 g/mol. The Morgan fingerprint density at radius 3 is 2.38 bits per heavy atom. The van der Waals surface area contributed by atoms with Crippen molar-refractivity contribution in [1.29, 1.82) is 0 Å². The van der Waals surface area contributed by atoms with E-state index in [4.69, 9.17) is 4.74 Å². The Bertz CT molecular complexity index is 238. The van der Waals surface area contributed by atoms with Crippen LogP contribution in [0.15, 0.2) is 0 Å². The van der Waals surface area contributed by atoms with Crippen molar-refractivity contribution >= 4 is 5.91 Å². The third-order valence-electron chi connectivity index (χ3n) is 3.88. The number of carbonyl (C=O) groups excluding carboxylic acids is 1. The van der Waals surface area contributed by atoms with Gasteiger partial charge in [0.1, 0.15) is 0 Å². The number of hydrogen-bond donors (Lipinski definition) is 1. The largest absolute Gasteiger partial charge is 0.381 e. The van der Waals surface area contributed by atoms with Crippen molar-refractivity contribution in [2.45, 2.75) is 37.6 Å². The van der Waals surface area contributed by atoms with Crippen LogP contribution in [0.1, 0.15) is 32.1 Å². The van der Waals surface area contributed by atoms with Gasteiger partial charge in [-0.15, -0.1) is 0 Å². The lowest BCUT2D eigenvalue weighted by Gasteiger charge is -2.61. The molecular weight excluding hydrogens is 166 g/mol. The molecule has 3 rings (SSSR count). The maximum Gasteiger partial charge on any atom is 0.222 e. The first-order valence-electron chi connectivity index (χ1n) is 5.11. The van der Waals surface area contributed by atoms with Gasteiger partial charge in [0, 0.05) is 25.2 Å². The van der Waals surface area contributed by atoms with E-state index in [0.29, 0.717) is 5.41 Å². The third-order valence-corrected chi connectivity index (χ3v) is 3.88. The molecule has 0 aromatic heterocycles. The van der Waals surface area contributed by atoms with Crippen LogP contribution in [0.4, 0.5) is 0 Å². The number of ether oxygens (including phenoxy) is 1. The quantitative estimate of drug-likeness (QED) is 0.562. The lowest BCUT2D eigenvalue weighted by atomic mass is 9.51. The summed E-state index contributed by atoms with van der Waals surface area (Å²) in [5.41, 5.74) is 0.764. The molecule has 72 valence electrons. The van der Waals surface area contributed by atoms with Crippen LogP contribution in [0.5, 0.6) is 0 Å². The van der Waals surface area contributed by atoms with Gasteiger partial charge in [-0.05, 0) is 31.1 Å². The fourth-order valence-corrected chi connectivity index (χ4v) is 3.34. The summed E-state index contributed by atoms with van der Waals surface area (Å²) >= 11 is 0. The molecule has 0 atom stereocenters. The van der Waals surface area contributed by atoms with Crippen LogP contribution in [0.25, 0.3) is 0 Å². The molecular formula is C10H15NO2. The average molecular weight is 181 g/mol. The van der Waals surface area contributed by atoms with E-state index >= 15 is 0 Å². The first-order valence-corrected chi connectivity index (χ1v) is 5.11. The zero-order valence-corrected chi connectivity index (χ0v) is 7.77. The lowest BCUT2D eigenvalue weighted by Crippen LogP contribution is -2.71. The molecule has 2 heterocycles. The summed E-state index contributed by atoms with van der Waals surface area (Å²) in [4.78, 5) is 10.8. The van der Waals surface area contributed by atoms with Gasteiger partial charge in [-0.25, -0.2) is 0 Å². The van der Waals surface area contributed by atoms with Crippen molar-refractivity contribution < 1.29 is 9.53 Å². The van der Waals surface area contributed by atoms with Crippen molar-refractivity contribution in [3.63, 3.8) is 0 Å². The van der Waals surface area contributed by atoms with E-state index in [1.807, 2.05) is 0 Å². The Hall–Kier alpha value is -0.570. The molecule has 13 heavy (non-hydrogen) atoms. The lowest BCUT2D eigenvalue weighted by molar-refractivity contribution is -0.152. The van der Waals surface area contributed by atoms with Gasteiger partial charge in [0.25, 0.3) is 0 Å². The van der Waals surface area contributed by atoms with Crippen LogP contribution < -0.4 is 5.32 Å². The van der Waals surface area contributed by atoms with Gasteiger partial charge in [0.15, 0.2) is 0 Å². The first-order chi connectivity index (χ1) is 6.22. The Labute approximate surface area is 77.8 Å². The molecule has 1 amide bonds. The Balaban J connectivity index is 1.63. The fraction of sp³-hybridized carbons (Fsp3) is 0.900. The van der Waals surface area contributed by atoms with Crippen molar-refractivity contribution in [2.24, 2.45) is 5.41 Å². The minimum Gasteiger partial charge on any atom is -0.381 e. The van der Waals surface area contributed by atoms with E-state index in [9.17, 15) is 4.79 Å². The highest BCUT2D eigenvalue weighted by molar-refractivity contribution is 5.85. The highest BCUT2D eigenvalue weighted by Crippen LogP contribution is 2.57. The maximum absolute atomic E-state index is 10.8. The minimum atomic E-state index is 0.231. The highest BCUT2D eigenvalue weighted by atomic mass is 16.5. The molecule has 0 radical (unpaired) electrons. The van der Waals surface area contributed by atoms with Crippen LogP contribution >= 0.6 is 0 Å². The number of hydrogen-bond acceptors (Lipinski definition) is 2. The van der Waals surface area contributed by atoms with Gasteiger partial charge in [-0.2, -0.15) is 0 Å². The number of nitrogens with one attached hydrogen (secondary N) is 1. The van der Waals surface area contributed by atoms with Gasteiger partial charge in [0.05, 0.1) is 0 Å². The van der Waals surface area contributed by atoms with E-state index < -0.39 is 0 Å². The number of β-lactam (4-membered cyclic amide) rings is 1. The van der Waals surface area contributed by atoms with E-state index in [-0.39, 0.29) is 11.4 Å². The summed E-state index contributed by atoms with van der Waals surface area (Å²) in [6.45, 7) is 1.84. The Morgan fingerprint density at radius 1 is 1.23 bits per heavy atom. The summed E-state index contributed by atoms with van der Waals surface area (Å²) < 4.78 is 5.35. The first kappa shape index (κ1) is 7.80. The van der Waals surface area contributed by atoms with E-state index in [1.165, 1.54) is 25.7 Å². The van der Waals surface area contributed by atoms with Crippen LogP contribution in [0, 0.1) is 5.41 Å². The van der Waals surface area contributed by atoms with E-state index in [2.05, 4.69) is 5.32 Å². The second-order valence-corrected chi connectivity index (χ2v) is 4.97. The molecule has 3 nitrogen and oxygen atoms in total. The molecule has 3 fully saturated rings. The van der Waals surface area contributed by atoms with Crippen LogP contribution in [0.3, 0.4) is 0 Å². The van der Waals surface area contributed by atoms with Crippen LogP contribution in [-0.4, -0.2) is 24.7 Å². The third kappa shape index (κ3) is 1.03. The van der Waals surface area contributed by atoms with Crippen molar-refractivity contribution in [1.82, 2.24) is 5.32 Å². The summed E-state index contributed by atoms with van der Waals surface area (Å²) in [6, 6.07) is 0. The number of rotatable bonds is 0. The van der Waals surface area contributed by atoms with Crippen LogP contribution in [-0.2, 0) is 9.53 Å². The molecule has 2 aliphatic heterocycles. The van der Waals surface area contributed by atoms with Gasteiger partial charge in [-0.3, -0.25) is 4.79 Å². The normalized spacial score (nSPS) is 33.7. The van der Waals surface area contributed by atoms with Gasteiger partial charge < -0.3 is 10.1 Å². The second kappa shape index (κ2) is 2.27. The predicted octanol–water partition coefficient (Wildman–Crippen LogP) is 0.836. The standard InChI is InChI=1S/C10H15NO2/c12-8-5-10(11-8)6-9(7-10)1-3-13-4-2-9/h1-7H2,(H,11,12). The zero-order valence-electron chi connectivity index (χ0n) is 7.77. The molecule has 2 saturated heterocycles. The van der Waals surface area contributed by atoms with Crippen molar-refractivity contribution in [2.75, 3.05) is 13.2 Å². The molecule has 0 aromatic rings. The summed E-state index contributed by atoms with van der Waals surface area (Å²) in [6.07, 6.45) is 5.58. The predicted molar refractivity (Wildman–Crippen MR) is 47.2 cm³/mol. The Morgan fingerprint density at radius 2 is 1.85 bits per heavy atom. The fourth-order valence-electron chi connectivity index (χ4n) is 3.34. The SMILES string of the molecule is O=C1CC2(CC3(CCOCC3)C2)N1. The van der Waals surface area contributed by atoms with Gasteiger partial charge in [0.2, 0.25) is 5.91 Å². The van der Waals surface area contributed by atoms with Gasteiger partial charge in [-0.1, -0.05) is 0 Å². The molecule has 3 heteroatoms. The smallest absolute Gasteiger partial charge is 0.222 e. The van der Waals surface area contributed by atoms with Crippen molar-refractivity contribution in [3.05, 3.63) is 0 Å². The second-order valence-electron chi connectivity index (χ2n) is 4.97. The molecule has 0 bridgehead atoms. The minimum absolute atomic E-state index is 0.231. The highest BCUT2D eigenvalue weighted by Gasteiger charge is 2.59. The topological polar surface area (TPSA) is 38.3 Å². The molecule has 1 N–H and O–H groups in total. The van der Waals surface area contributed by atoms with Gasteiger partial charge >= 0.3 is 0 Å². The Kier molecular flexibility index (Phi) is 1.36. The van der Waals surface area contributed by atoms with Crippen molar-refractivity contribution in [3.8, 4) is 0 Å². The molecule has 2 spiro atoms. The summed E-state index contributed by atoms with van der Waals surface area (Å²) in [5.74, 6) is 0.238. The molecule has 0 aromatic carbocycles. The summed E-state index contributed by atoms with van der Waals surface area (Å²) in [7, 11) is 0. The average Bonchev–Trinajstić information content (AvgIpc) is 2.01. The molecule has 0 unspecified atom stereocenters. The number of carbonyl (C=O) groups is 1. The summed E-state index contributed by atoms with van der Waals surface area (Å²) in [5, 5.41) is 3.05. The number of amides is 1. The zero-order chi connectivity index (χ0) is 8.94. The molecule has 3 aliphatic rings. The molecule has 1 saturated carbocycles. The molecule has 1 aliphatic carbocycles. The maximum atomic E-state index is 10.8.